The van der Waals surface area contributed by atoms with E-state index in [0.717, 1.165) is 44.1 Å². The number of morpholine rings is 1. The fourth-order valence-corrected chi connectivity index (χ4v) is 3.36. The summed E-state index contributed by atoms with van der Waals surface area (Å²) < 4.78 is 20.2. The Hall–Kier alpha value is -2.84. The molecule has 0 bridgehead atoms. The SMILES string of the molecule is C[C@@H](CN1CCOCC1)NC(=O)c1cc2nccc(-c3ccc(F)cc3)n2n1. The number of nitrogens with zero attached hydrogens (tertiary/aromatic N) is 4. The molecule has 0 spiro atoms. The van der Waals surface area contributed by atoms with Crippen LogP contribution in [0.4, 0.5) is 4.39 Å². The van der Waals surface area contributed by atoms with Crippen molar-refractivity contribution >= 4 is 11.6 Å². The number of hydrogen-bond acceptors (Lipinski definition) is 5. The molecule has 2 aromatic heterocycles. The van der Waals surface area contributed by atoms with Crippen molar-refractivity contribution in [2.24, 2.45) is 0 Å². The van der Waals surface area contributed by atoms with Gasteiger partial charge in [-0.25, -0.2) is 13.9 Å². The third kappa shape index (κ3) is 4.02. The minimum Gasteiger partial charge on any atom is -0.379 e. The van der Waals surface area contributed by atoms with Crippen LogP contribution in [0.2, 0.25) is 0 Å². The van der Waals surface area contributed by atoms with Crippen LogP contribution in [0.15, 0.2) is 42.6 Å². The number of hydrogen-bond donors (Lipinski definition) is 1. The molecule has 1 aliphatic rings. The lowest BCUT2D eigenvalue weighted by atomic mass is 10.1. The van der Waals surface area contributed by atoms with Crippen molar-refractivity contribution in [3.05, 3.63) is 54.1 Å². The molecule has 1 amide bonds. The zero-order valence-electron chi connectivity index (χ0n) is 15.6. The molecule has 7 nitrogen and oxygen atoms in total. The third-order valence-corrected chi connectivity index (χ3v) is 4.74. The smallest absolute Gasteiger partial charge is 0.272 e. The van der Waals surface area contributed by atoms with Crippen LogP contribution >= 0.6 is 0 Å². The van der Waals surface area contributed by atoms with Gasteiger partial charge in [-0.15, -0.1) is 0 Å². The first kappa shape index (κ1) is 18.5. The van der Waals surface area contributed by atoms with Crippen molar-refractivity contribution < 1.29 is 13.9 Å². The Morgan fingerprint density at radius 2 is 2.00 bits per heavy atom. The maximum absolute atomic E-state index is 13.2. The molecule has 1 atom stereocenters. The lowest BCUT2D eigenvalue weighted by molar-refractivity contribution is 0.0342. The van der Waals surface area contributed by atoms with Gasteiger partial charge in [0.2, 0.25) is 0 Å². The molecule has 0 unspecified atom stereocenters. The maximum atomic E-state index is 13.2. The number of carbonyl (C=O) groups is 1. The molecule has 4 rings (SSSR count). The van der Waals surface area contributed by atoms with Crippen LogP contribution in [-0.2, 0) is 4.74 Å². The molecule has 8 heteroatoms. The summed E-state index contributed by atoms with van der Waals surface area (Å²) in [6, 6.07) is 9.57. The summed E-state index contributed by atoms with van der Waals surface area (Å²) in [6.45, 7) is 5.95. The minimum atomic E-state index is -0.302. The van der Waals surface area contributed by atoms with Gasteiger partial charge in [0.15, 0.2) is 11.3 Å². The number of rotatable bonds is 5. The van der Waals surface area contributed by atoms with Crippen LogP contribution in [0.25, 0.3) is 16.9 Å². The highest BCUT2D eigenvalue weighted by Gasteiger charge is 2.18. The molecule has 146 valence electrons. The highest BCUT2D eigenvalue weighted by Crippen LogP contribution is 2.20. The van der Waals surface area contributed by atoms with Crippen LogP contribution in [0, 0.1) is 5.82 Å². The molecule has 0 radical (unpaired) electrons. The fraction of sp³-hybridized carbons (Fsp3) is 0.350. The van der Waals surface area contributed by atoms with Gasteiger partial charge < -0.3 is 10.1 Å². The number of nitrogens with one attached hydrogen (secondary N) is 1. The van der Waals surface area contributed by atoms with Crippen LogP contribution in [0.5, 0.6) is 0 Å². The Labute approximate surface area is 162 Å². The van der Waals surface area contributed by atoms with E-state index in [9.17, 15) is 9.18 Å². The summed E-state index contributed by atoms with van der Waals surface area (Å²) in [7, 11) is 0. The fourth-order valence-electron chi connectivity index (χ4n) is 3.36. The number of amides is 1. The molecule has 0 aliphatic carbocycles. The van der Waals surface area contributed by atoms with Crippen molar-refractivity contribution in [1.29, 1.82) is 0 Å². The van der Waals surface area contributed by atoms with Gasteiger partial charge in [-0.1, -0.05) is 0 Å². The molecule has 1 aliphatic heterocycles. The Morgan fingerprint density at radius 1 is 1.25 bits per heavy atom. The summed E-state index contributed by atoms with van der Waals surface area (Å²) in [5.41, 5.74) is 2.40. The van der Waals surface area contributed by atoms with E-state index in [1.165, 1.54) is 12.1 Å². The van der Waals surface area contributed by atoms with Crippen LogP contribution in [0.3, 0.4) is 0 Å². The summed E-state index contributed by atoms with van der Waals surface area (Å²) in [4.78, 5) is 19.2. The maximum Gasteiger partial charge on any atom is 0.272 e. The number of benzene rings is 1. The Balaban J connectivity index is 1.51. The van der Waals surface area contributed by atoms with E-state index in [-0.39, 0.29) is 17.8 Å². The minimum absolute atomic E-state index is 0.0139. The van der Waals surface area contributed by atoms with E-state index in [2.05, 4.69) is 20.3 Å². The molecule has 1 fully saturated rings. The normalized spacial score (nSPS) is 16.2. The largest absolute Gasteiger partial charge is 0.379 e. The molecule has 3 aromatic rings. The predicted molar refractivity (Wildman–Crippen MR) is 103 cm³/mol. The lowest BCUT2D eigenvalue weighted by Crippen LogP contribution is -2.46. The van der Waals surface area contributed by atoms with Crippen molar-refractivity contribution in [3.8, 4) is 11.3 Å². The van der Waals surface area contributed by atoms with Gasteiger partial charge in [0.05, 0.1) is 18.9 Å². The van der Waals surface area contributed by atoms with Crippen LogP contribution in [0.1, 0.15) is 17.4 Å². The second-order valence-electron chi connectivity index (χ2n) is 6.92. The van der Waals surface area contributed by atoms with Crippen LogP contribution < -0.4 is 5.32 Å². The predicted octanol–water partition coefficient (Wildman–Crippen LogP) is 1.99. The van der Waals surface area contributed by atoms with E-state index < -0.39 is 0 Å². The first-order valence-corrected chi connectivity index (χ1v) is 9.32. The quantitative estimate of drug-likeness (QED) is 0.730. The summed E-state index contributed by atoms with van der Waals surface area (Å²) in [6.07, 6.45) is 1.65. The summed E-state index contributed by atoms with van der Waals surface area (Å²) in [5, 5.41) is 7.42. The van der Waals surface area contributed by atoms with Crippen molar-refractivity contribution in [1.82, 2.24) is 24.8 Å². The van der Waals surface area contributed by atoms with Gasteiger partial charge in [-0.05, 0) is 37.3 Å². The number of carbonyl (C=O) groups excluding carboxylic acids is 1. The van der Waals surface area contributed by atoms with Gasteiger partial charge in [0.25, 0.3) is 5.91 Å². The van der Waals surface area contributed by atoms with Crippen molar-refractivity contribution in [2.75, 3.05) is 32.8 Å². The first-order valence-electron chi connectivity index (χ1n) is 9.32. The first-order chi connectivity index (χ1) is 13.6. The van der Waals surface area contributed by atoms with Gasteiger partial charge >= 0.3 is 0 Å². The van der Waals surface area contributed by atoms with E-state index in [0.29, 0.717) is 11.3 Å². The van der Waals surface area contributed by atoms with E-state index in [1.807, 2.05) is 6.92 Å². The van der Waals surface area contributed by atoms with Gasteiger partial charge in [0, 0.05) is 43.5 Å². The standard InChI is InChI=1S/C20H22FN5O2/c1-14(13-25-8-10-28-11-9-25)23-20(27)17-12-19-22-7-6-18(26(19)24-17)15-2-4-16(21)5-3-15/h2-7,12,14H,8-11,13H2,1H3,(H,23,27)/t14-/m0/s1. The summed E-state index contributed by atoms with van der Waals surface area (Å²) in [5.74, 6) is -0.542. The number of ether oxygens (including phenoxy) is 1. The highest BCUT2D eigenvalue weighted by molar-refractivity contribution is 5.93. The van der Waals surface area contributed by atoms with Crippen molar-refractivity contribution in [3.63, 3.8) is 0 Å². The van der Waals surface area contributed by atoms with Gasteiger partial charge in [-0.3, -0.25) is 9.69 Å². The molecular formula is C20H22FN5O2. The Kier molecular flexibility index (Phi) is 5.31. The summed E-state index contributed by atoms with van der Waals surface area (Å²) >= 11 is 0. The van der Waals surface area contributed by atoms with E-state index in [4.69, 9.17) is 4.74 Å². The van der Waals surface area contributed by atoms with E-state index >= 15 is 0 Å². The zero-order chi connectivity index (χ0) is 19.5. The van der Waals surface area contributed by atoms with Gasteiger partial charge in [0.1, 0.15) is 5.82 Å². The third-order valence-electron chi connectivity index (χ3n) is 4.74. The second-order valence-corrected chi connectivity index (χ2v) is 6.92. The number of halogens is 1. The number of aromatic nitrogens is 3. The number of fused-ring (bicyclic) bond motifs is 1. The molecule has 0 saturated carbocycles. The zero-order valence-corrected chi connectivity index (χ0v) is 15.6. The topological polar surface area (TPSA) is 71.8 Å². The molecule has 1 saturated heterocycles. The average molecular weight is 383 g/mol. The molecule has 1 aromatic carbocycles. The highest BCUT2D eigenvalue weighted by atomic mass is 19.1. The van der Waals surface area contributed by atoms with E-state index in [1.54, 1.807) is 35.0 Å². The Bertz CT molecular complexity index is 966. The van der Waals surface area contributed by atoms with Gasteiger partial charge in [-0.2, -0.15) is 5.10 Å². The Morgan fingerprint density at radius 3 is 2.75 bits per heavy atom. The molecule has 28 heavy (non-hydrogen) atoms. The lowest BCUT2D eigenvalue weighted by Gasteiger charge is -2.29. The van der Waals surface area contributed by atoms with Crippen molar-refractivity contribution in [2.45, 2.75) is 13.0 Å². The molecule has 3 heterocycles. The second kappa shape index (κ2) is 8.04. The molecule has 1 N–H and O–H groups in total. The van der Waals surface area contributed by atoms with Crippen LogP contribution in [-0.4, -0.2) is 64.3 Å². The average Bonchev–Trinajstić information content (AvgIpc) is 3.14. The molecular weight excluding hydrogens is 361 g/mol. The monoisotopic (exact) mass is 383 g/mol.